The number of halogens is 1. The van der Waals surface area contributed by atoms with Crippen molar-refractivity contribution in [2.24, 2.45) is 0 Å². The minimum absolute atomic E-state index is 0.802. The van der Waals surface area contributed by atoms with Crippen LogP contribution in [0.15, 0.2) is 18.2 Å². The molecule has 84 valence electrons. The highest BCUT2D eigenvalue weighted by atomic mass is 35.5. The van der Waals surface area contributed by atoms with Crippen LogP contribution in [-0.4, -0.2) is 6.54 Å². The molecule has 1 aromatic rings. The first kappa shape index (κ1) is 12.4. The molecule has 0 amide bonds. The van der Waals surface area contributed by atoms with E-state index < -0.39 is 0 Å². The zero-order valence-electron chi connectivity index (χ0n) is 9.65. The lowest BCUT2D eigenvalue weighted by Gasteiger charge is -2.09. The van der Waals surface area contributed by atoms with Gasteiger partial charge in [0.15, 0.2) is 0 Å². The molecule has 0 saturated heterocycles. The largest absolute Gasteiger partial charge is 0.385 e. The molecule has 1 rings (SSSR count). The lowest BCUT2D eigenvalue weighted by molar-refractivity contribution is 0.685. The molecule has 1 nitrogen and oxygen atoms in total. The Morgan fingerprint density at radius 3 is 2.73 bits per heavy atom. The normalized spacial score (nSPS) is 10.3. The summed E-state index contributed by atoms with van der Waals surface area (Å²) in [6, 6.07) is 5.98. The number of anilines is 1. The van der Waals surface area contributed by atoms with Gasteiger partial charge >= 0.3 is 0 Å². The molecule has 0 radical (unpaired) electrons. The average Bonchev–Trinajstić information content (AvgIpc) is 2.23. The van der Waals surface area contributed by atoms with Gasteiger partial charge in [0.25, 0.3) is 0 Å². The Hall–Kier alpha value is -0.690. The van der Waals surface area contributed by atoms with E-state index in [2.05, 4.69) is 25.2 Å². The van der Waals surface area contributed by atoms with Crippen molar-refractivity contribution in [3.63, 3.8) is 0 Å². The molecule has 0 aliphatic carbocycles. The Bertz CT molecular complexity index is 297. The zero-order chi connectivity index (χ0) is 11.1. The van der Waals surface area contributed by atoms with Crippen molar-refractivity contribution in [3.05, 3.63) is 28.8 Å². The van der Waals surface area contributed by atoms with Crippen molar-refractivity contribution in [1.29, 1.82) is 0 Å². The molecular formula is C13H20ClN. The molecule has 0 unspecified atom stereocenters. The van der Waals surface area contributed by atoms with Crippen LogP contribution in [-0.2, 0) is 0 Å². The lowest BCUT2D eigenvalue weighted by atomic mass is 10.2. The molecule has 0 aliphatic rings. The predicted octanol–water partition coefficient (Wildman–Crippen LogP) is 4.64. The van der Waals surface area contributed by atoms with Crippen molar-refractivity contribution in [1.82, 2.24) is 0 Å². The monoisotopic (exact) mass is 225 g/mol. The van der Waals surface area contributed by atoms with Crippen molar-refractivity contribution in [2.75, 3.05) is 11.9 Å². The number of hydrogen-bond acceptors (Lipinski definition) is 1. The highest BCUT2D eigenvalue weighted by Crippen LogP contribution is 2.20. The quantitative estimate of drug-likeness (QED) is 0.696. The average molecular weight is 226 g/mol. The van der Waals surface area contributed by atoms with Crippen LogP contribution in [0, 0.1) is 6.92 Å². The van der Waals surface area contributed by atoms with E-state index in [0.717, 1.165) is 11.6 Å². The SMILES string of the molecule is CCCCCCNc1cc(Cl)ccc1C. The van der Waals surface area contributed by atoms with Gasteiger partial charge in [-0.25, -0.2) is 0 Å². The van der Waals surface area contributed by atoms with Gasteiger partial charge < -0.3 is 5.32 Å². The Morgan fingerprint density at radius 1 is 1.20 bits per heavy atom. The third-order valence-corrected chi connectivity index (χ3v) is 2.78. The Labute approximate surface area is 97.8 Å². The molecule has 0 atom stereocenters. The van der Waals surface area contributed by atoms with E-state index in [4.69, 9.17) is 11.6 Å². The molecule has 0 bridgehead atoms. The topological polar surface area (TPSA) is 12.0 Å². The third-order valence-electron chi connectivity index (χ3n) is 2.55. The van der Waals surface area contributed by atoms with E-state index in [1.165, 1.54) is 36.9 Å². The van der Waals surface area contributed by atoms with E-state index in [1.54, 1.807) is 0 Å². The molecule has 15 heavy (non-hydrogen) atoms. The van der Waals surface area contributed by atoms with Crippen molar-refractivity contribution in [2.45, 2.75) is 39.5 Å². The fourth-order valence-electron chi connectivity index (χ4n) is 1.56. The predicted molar refractivity (Wildman–Crippen MR) is 68.8 cm³/mol. The maximum absolute atomic E-state index is 5.94. The van der Waals surface area contributed by atoms with Gasteiger partial charge in [0.2, 0.25) is 0 Å². The minimum atomic E-state index is 0.802. The summed E-state index contributed by atoms with van der Waals surface area (Å²) in [6.45, 7) is 5.38. The van der Waals surface area contributed by atoms with Gasteiger partial charge in [0, 0.05) is 17.3 Å². The summed E-state index contributed by atoms with van der Waals surface area (Å²) in [4.78, 5) is 0. The molecule has 0 fully saturated rings. The van der Waals surface area contributed by atoms with Crippen LogP contribution in [0.5, 0.6) is 0 Å². The first-order valence-electron chi connectivity index (χ1n) is 5.74. The van der Waals surface area contributed by atoms with Gasteiger partial charge in [-0.1, -0.05) is 43.9 Å². The second kappa shape index (κ2) is 6.73. The van der Waals surface area contributed by atoms with Crippen LogP contribution in [0.3, 0.4) is 0 Å². The molecular weight excluding hydrogens is 206 g/mol. The standard InChI is InChI=1S/C13H20ClN/c1-3-4-5-6-9-15-13-10-12(14)8-7-11(13)2/h7-8,10,15H,3-6,9H2,1-2H3. The number of nitrogens with one attached hydrogen (secondary N) is 1. The van der Waals surface area contributed by atoms with Gasteiger partial charge in [-0.3, -0.25) is 0 Å². The number of benzene rings is 1. The van der Waals surface area contributed by atoms with Crippen molar-refractivity contribution < 1.29 is 0 Å². The summed E-state index contributed by atoms with van der Waals surface area (Å²) in [6.07, 6.45) is 5.16. The second-order valence-electron chi connectivity index (χ2n) is 3.95. The highest BCUT2D eigenvalue weighted by molar-refractivity contribution is 6.30. The summed E-state index contributed by atoms with van der Waals surface area (Å²) < 4.78 is 0. The molecule has 0 saturated carbocycles. The summed E-state index contributed by atoms with van der Waals surface area (Å²) in [5.74, 6) is 0. The number of rotatable bonds is 6. The highest BCUT2D eigenvalue weighted by Gasteiger charge is 1.97. The maximum atomic E-state index is 5.94. The maximum Gasteiger partial charge on any atom is 0.0426 e. The van der Waals surface area contributed by atoms with Crippen LogP contribution in [0.25, 0.3) is 0 Å². The second-order valence-corrected chi connectivity index (χ2v) is 4.38. The molecule has 2 heteroatoms. The van der Waals surface area contributed by atoms with Crippen molar-refractivity contribution >= 4 is 17.3 Å². The molecule has 0 heterocycles. The van der Waals surface area contributed by atoms with Crippen molar-refractivity contribution in [3.8, 4) is 0 Å². The number of hydrogen-bond donors (Lipinski definition) is 1. The Kier molecular flexibility index (Phi) is 5.56. The van der Waals surface area contributed by atoms with Gasteiger partial charge in [0.05, 0.1) is 0 Å². The molecule has 1 aromatic carbocycles. The van der Waals surface area contributed by atoms with Gasteiger partial charge in [-0.05, 0) is 31.0 Å². The van der Waals surface area contributed by atoms with Gasteiger partial charge in [-0.15, -0.1) is 0 Å². The lowest BCUT2D eigenvalue weighted by Crippen LogP contribution is -2.02. The Balaban J connectivity index is 2.33. The molecule has 0 spiro atoms. The van der Waals surface area contributed by atoms with E-state index in [1.807, 2.05) is 12.1 Å². The first-order chi connectivity index (χ1) is 7.24. The van der Waals surface area contributed by atoms with Crippen LogP contribution < -0.4 is 5.32 Å². The fraction of sp³-hybridized carbons (Fsp3) is 0.538. The molecule has 0 aliphatic heterocycles. The van der Waals surface area contributed by atoms with Gasteiger partial charge in [0.1, 0.15) is 0 Å². The number of aryl methyl sites for hydroxylation is 1. The van der Waals surface area contributed by atoms with Crippen LogP contribution in [0.4, 0.5) is 5.69 Å². The zero-order valence-corrected chi connectivity index (χ0v) is 10.4. The van der Waals surface area contributed by atoms with E-state index in [0.29, 0.717) is 0 Å². The summed E-state index contributed by atoms with van der Waals surface area (Å²) in [5, 5.41) is 4.23. The summed E-state index contributed by atoms with van der Waals surface area (Å²) >= 11 is 5.94. The van der Waals surface area contributed by atoms with Crippen LogP contribution in [0.1, 0.15) is 38.2 Å². The van der Waals surface area contributed by atoms with Crippen LogP contribution >= 0.6 is 11.6 Å². The van der Waals surface area contributed by atoms with E-state index >= 15 is 0 Å². The third kappa shape index (κ3) is 4.57. The van der Waals surface area contributed by atoms with E-state index in [9.17, 15) is 0 Å². The first-order valence-corrected chi connectivity index (χ1v) is 6.12. The van der Waals surface area contributed by atoms with Gasteiger partial charge in [-0.2, -0.15) is 0 Å². The minimum Gasteiger partial charge on any atom is -0.385 e. The summed E-state index contributed by atoms with van der Waals surface area (Å²) in [5.41, 5.74) is 2.42. The molecule has 1 N–H and O–H groups in total. The fourth-order valence-corrected chi connectivity index (χ4v) is 1.73. The number of unbranched alkanes of at least 4 members (excludes halogenated alkanes) is 3. The summed E-state index contributed by atoms with van der Waals surface area (Å²) in [7, 11) is 0. The smallest absolute Gasteiger partial charge is 0.0426 e. The van der Waals surface area contributed by atoms with Crippen LogP contribution in [0.2, 0.25) is 5.02 Å². The Morgan fingerprint density at radius 2 is 2.00 bits per heavy atom. The van der Waals surface area contributed by atoms with E-state index in [-0.39, 0.29) is 0 Å². The molecule has 0 aromatic heterocycles.